The fourth-order valence-corrected chi connectivity index (χ4v) is 4.46. The molecular weight excluding hydrogens is 307 g/mol. The second-order valence-electron chi connectivity index (χ2n) is 6.86. The third kappa shape index (κ3) is 1.82. The fraction of sp³-hybridized carbons (Fsp3) is 0.471. The summed E-state index contributed by atoms with van der Waals surface area (Å²) in [5, 5.41) is 11.5. The van der Waals surface area contributed by atoms with Gasteiger partial charge in [-0.2, -0.15) is 0 Å². The zero-order valence-corrected chi connectivity index (χ0v) is 13.8. The lowest BCUT2D eigenvalue weighted by Gasteiger charge is -2.31. The van der Waals surface area contributed by atoms with Gasteiger partial charge in [0.15, 0.2) is 5.78 Å². The quantitative estimate of drug-likeness (QED) is 0.563. The van der Waals surface area contributed by atoms with Crippen molar-refractivity contribution in [3.05, 3.63) is 39.4 Å². The van der Waals surface area contributed by atoms with Gasteiger partial charge in [-0.3, -0.25) is 4.79 Å². The van der Waals surface area contributed by atoms with E-state index in [0.717, 1.165) is 12.8 Å². The molecule has 3 rings (SSSR count). The highest BCUT2D eigenvalue weighted by Gasteiger charge is 2.65. The zero-order valence-electron chi connectivity index (χ0n) is 12.3. The van der Waals surface area contributed by atoms with Crippen LogP contribution in [0.1, 0.15) is 39.2 Å². The number of fused-ring (bicyclic) bond motifs is 2. The van der Waals surface area contributed by atoms with E-state index in [9.17, 15) is 9.90 Å². The Morgan fingerprint density at radius 2 is 1.95 bits per heavy atom. The molecule has 0 amide bonds. The van der Waals surface area contributed by atoms with Crippen molar-refractivity contribution >= 4 is 34.7 Å². The number of ketones is 1. The third-order valence-electron chi connectivity index (χ3n) is 5.76. The number of aliphatic hydroxyl groups excluding tert-OH is 1. The molecule has 2 saturated carbocycles. The molecule has 2 unspecified atom stereocenters. The first-order valence-electron chi connectivity index (χ1n) is 7.13. The van der Waals surface area contributed by atoms with Gasteiger partial charge in [0, 0.05) is 21.6 Å². The van der Waals surface area contributed by atoms with E-state index in [4.69, 9.17) is 23.2 Å². The van der Waals surface area contributed by atoms with E-state index >= 15 is 0 Å². The van der Waals surface area contributed by atoms with Crippen LogP contribution in [0.5, 0.6) is 0 Å². The van der Waals surface area contributed by atoms with Crippen LogP contribution in [0.25, 0.3) is 5.76 Å². The maximum atomic E-state index is 12.8. The topological polar surface area (TPSA) is 37.3 Å². The van der Waals surface area contributed by atoms with Crippen LogP contribution in [0, 0.1) is 16.7 Å². The van der Waals surface area contributed by atoms with E-state index in [-0.39, 0.29) is 28.3 Å². The van der Waals surface area contributed by atoms with Crippen molar-refractivity contribution in [2.24, 2.45) is 16.7 Å². The Balaban J connectivity index is 2.18. The molecule has 2 fully saturated rings. The predicted octanol–water partition coefficient (Wildman–Crippen LogP) is 5.29. The first-order valence-corrected chi connectivity index (χ1v) is 7.89. The Morgan fingerprint density at radius 1 is 1.29 bits per heavy atom. The minimum Gasteiger partial charge on any atom is -0.507 e. The first-order chi connectivity index (χ1) is 9.70. The normalized spacial score (nSPS) is 32.6. The molecule has 1 N–H and O–H groups in total. The van der Waals surface area contributed by atoms with Crippen LogP contribution in [-0.4, -0.2) is 10.9 Å². The molecular formula is C17H18Cl2O2. The zero-order chi connectivity index (χ0) is 15.6. The van der Waals surface area contributed by atoms with Crippen LogP contribution in [0.15, 0.2) is 23.8 Å². The lowest BCUT2D eigenvalue weighted by molar-refractivity contribution is -0.125. The lowest BCUT2D eigenvalue weighted by atomic mass is 9.70. The second-order valence-corrected chi connectivity index (χ2v) is 7.70. The Morgan fingerprint density at radius 3 is 2.48 bits per heavy atom. The summed E-state index contributed by atoms with van der Waals surface area (Å²) in [7, 11) is 0. The van der Waals surface area contributed by atoms with Crippen LogP contribution in [0.3, 0.4) is 0 Å². The van der Waals surface area contributed by atoms with Gasteiger partial charge in [0.2, 0.25) is 0 Å². The van der Waals surface area contributed by atoms with E-state index in [1.807, 2.05) is 6.92 Å². The highest BCUT2D eigenvalue weighted by Crippen LogP contribution is 2.66. The predicted molar refractivity (Wildman–Crippen MR) is 85.6 cm³/mol. The Labute approximate surface area is 134 Å². The fourth-order valence-electron chi connectivity index (χ4n) is 3.97. The number of carbonyl (C=O) groups excluding carboxylic acids is 1. The van der Waals surface area contributed by atoms with Crippen molar-refractivity contribution in [2.75, 3.05) is 0 Å². The van der Waals surface area contributed by atoms with Gasteiger partial charge >= 0.3 is 0 Å². The molecule has 112 valence electrons. The summed E-state index contributed by atoms with van der Waals surface area (Å²) < 4.78 is 0. The standard InChI is InChI=1S/C17H18Cl2O2/c1-16(2)11-6-7-17(16,3)15(21)13(11)14(20)10-5-4-9(18)8-12(10)19/h4-5,8,11,20H,6-7H2,1-3H3/b14-13-. The molecule has 4 heteroatoms. The maximum Gasteiger partial charge on any atom is 0.169 e. The Bertz CT molecular complexity index is 675. The van der Waals surface area contributed by atoms with Crippen molar-refractivity contribution in [3.8, 4) is 0 Å². The average molecular weight is 325 g/mol. The summed E-state index contributed by atoms with van der Waals surface area (Å²) in [5.74, 6) is 0.164. The van der Waals surface area contributed by atoms with Gasteiger partial charge in [-0.25, -0.2) is 0 Å². The number of allylic oxidation sites excluding steroid dienone is 1. The Kier molecular flexibility index (Phi) is 3.20. The highest BCUT2D eigenvalue weighted by atomic mass is 35.5. The van der Waals surface area contributed by atoms with E-state index in [1.165, 1.54) is 0 Å². The molecule has 2 atom stereocenters. The van der Waals surface area contributed by atoms with Gasteiger partial charge in [0.1, 0.15) is 5.76 Å². The number of halogens is 2. The van der Waals surface area contributed by atoms with Gasteiger partial charge in [-0.05, 0) is 42.4 Å². The molecule has 2 nitrogen and oxygen atoms in total. The minimum atomic E-state index is -0.389. The largest absolute Gasteiger partial charge is 0.507 e. The van der Waals surface area contributed by atoms with Gasteiger partial charge < -0.3 is 5.11 Å². The van der Waals surface area contributed by atoms with Crippen molar-refractivity contribution in [1.82, 2.24) is 0 Å². The number of rotatable bonds is 1. The molecule has 2 bridgehead atoms. The Hall–Kier alpha value is -0.990. The monoisotopic (exact) mass is 324 g/mol. The lowest BCUT2D eigenvalue weighted by Crippen LogP contribution is -2.32. The molecule has 0 heterocycles. The molecule has 0 spiro atoms. The summed E-state index contributed by atoms with van der Waals surface area (Å²) in [6.45, 7) is 6.25. The maximum absolute atomic E-state index is 12.8. The molecule has 2 aliphatic carbocycles. The van der Waals surface area contributed by atoms with Gasteiger partial charge in [0.25, 0.3) is 0 Å². The number of hydrogen-bond donors (Lipinski definition) is 1. The van der Waals surface area contributed by atoms with Crippen LogP contribution < -0.4 is 0 Å². The van der Waals surface area contributed by atoms with E-state index in [0.29, 0.717) is 21.2 Å². The molecule has 0 aromatic heterocycles. The molecule has 21 heavy (non-hydrogen) atoms. The van der Waals surface area contributed by atoms with E-state index in [2.05, 4.69) is 13.8 Å². The van der Waals surface area contributed by atoms with Crippen molar-refractivity contribution < 1.29 is 9.90 Å². The summed E-state index contributed by atoms with van der Waals surface area (Å²) in [6.07, 6.45) is 1.81. The first kappa shape index (κ1) is 14.9. The number of carbonyl (C=O) groups is 1. The summed E-state index contributed by atoms with van der Waals surface area (Å²) in [6, 6.07) is 4.92. The molecule has 2 aliphatic rings. The van der Waals surface area contributed by atoms with Crippen LogP contribution in [0.2, 0.25) is 10.0 Å². The summed E-state index contributed by atoms with van der Waals surface area (Å²) >= 11 is 12.1. The highest BCUT2D eigenvalue weighted by molar-refractivity contribution is 6.35. The SMILES string of the molecule is CC12CCC(/C(=C(/O)c3ccc(Cl)cc3Cl)C1=O)C2(C)C. The van der Waals surface area contributed by atoms with Crippen LogP contribution in [0.4, 0.5) is 0 Å². The summed E-state index contributed by atoms with van der Waals surface area (Å²) in [5.41, 5.74) is 0.501. The summed E-state index contributed by atoms with van der Waals surface area (Å²) in [4.78, 5) is 12.8. The number of aliphatic hydroxyl groups is 1. The number of benzene rings is 1. The average Bonchev–Trinajstić information content (AvgIpc) is 2.70. The van der Waals surface area contributed by atoms with E-state index in [1.54, 1.807) is 18.2 Å². The van der Waals surface area contributed by atoms with Crippen molar-refractivity contribution in [3.63, 3.8) is 0 Å². The molecule has 1 aromatic rings. The van der Waals surface area contributed by atoms with E-state index < -0.39 is 0 Å². The van der Waals surface area contributed by atoms with Crippen molar-refractivity contribution in [1.29, 1.82) is 0 Å². The minimum absolute atomic E-state index is 0.0168. The van der Waals surface area contributed by atoms with Crippen LogP contribution >= 0.6 is 23.2 Å². The molecule has 1 aromatic carbocycles. The third-order valence-corrected chi connectivity index (χ3v) is 6.31. The number of hydrogen-bond acceptors (Lipinski definition) is 2. The van der Waals surface area contributed by atoms with Crippen LogP contribution in [-0.2, 0) is 4.79 Å². The smallest absolute Gasteiger partial charge is 0.169 e. The number of Topliss-reactive ketones (excluding diaryl/α,β-unsaturated/α-hetero) is 1. The second kappa shape index (κ2) is 4.50. The molecule has 0 saturated heterocycles. The molecule has 0 radical (unpaired) electrons. The van der Waals surface area contributed by atoms with Crippen molar-refractivity contribution in [2.45, 2.75) is 33.6 Å². The molecule has 0 aliphatic heterocycles. The van der Waals surface area contributed by atoms with Gasteiger partial charge in [-0.1, -0.05) is 44.0 Å². The van der Waals surface area contributed by atoms with Gasteiger partial charge in [-0.15, -0.1) is 0 Å². The van der Waals surface area contributed by atoms with Gasteiger partial charge in [0.05, 0.1) is 5.02 Å².